The van der Waals surface area contributed by atoms with Crippen molar-refractivity contribution in [2.24, 2.45) is 4.99 Å². The van der Waals surface area contributed by atoms with Gasteiger partial charge < -0.3 is 9.47 Å². The number of nitrogens with zero attached hydrogens (tertiary/aromatic N) is 4. The minimum atomic E-state index is 0.0395. The van der Waals surface area contributed by atoms with Crippen LogP contribution >= 0.6 is 11.8 Å². The lowest BCUT2D eigenvalue weighted by Crippen LogP contribution is -2.28. The maximum atomic E-state index is 5.14. The van der Waals surface area contributed by atoms with E-state index in [1.807, 2.05) is 24.0 Å². The number of aromatic nitrogens is 2. The van der Waals surface area contributed by atoms with Crippen molar-refractivity contribution in [3.63, 3.8) is 0 Å². The predicted molar refractivity (Wildman–Crippen MR) is 126 cm³/mol. The SMILES string of the molecule is CCc1ccc(-n2c(C)cc([C@@H]3[C@@H](c4ccccn4)N=C4S[C@H](C)CN43)c2C)cc1. The Bertz CT molecular complexity index is 1080. The van der Waals surface area contributed by atoms with E-state index in [1.54, 1.807) is 0 Å². The molecule has 0 N–H and O–H groups in total. The van der Waals surface area contributed by atoms with E-state index in [0.717, 1.165) is 18.7 Å². The molecular weight excluding hydrogens is 388 g/mol. The van der Waals surface area contributed by atoms with Gasteiger partial charge >= 0.3 is 0 Å². The highest BCUT2D eigenvalue weighted by Crippen LogP contribution is 2.48. The first-order chi connectivity index (χ1) is 14.6. The number of hydrogen-bond acceptors (Lipinski definition) is 4. The van der Waals surface area contributed by atoms with Crippen LogP contribution in [0.15, 0.2) is 59.7 Å². The van der Waals surface area contributed by atoms with E-state index in [-0.39, 0.29) is 12.1 Å². The van der Waals surface area contributed by atoms with Gasteiger partial charge in [0.2, 0.25) is 0 Å². The molecule has 2 aliphatic rings. The number of benzene rings is 1. The summed E-state index contributed by atoms with van der Waals surface area (Å²) in [5, 5.41) is 1.74. The zero-order valence-electron chi connectivity index (χ0n) is 18.0. The van der Waals surface area contributed by atoms with Crippen molar-refractivity contribution in [3.8, 4) is 5.69 Å². The fraction of sp³-hybridized carbons (Fsp3) is 0.360. The van der Waals surface area contributed by atoms with Gasteiger partial charge in [0, 0.05) is 35.1 Å². The van der Waals surface area contributed by atoms with Crippen LogP contribution in [-0.4, -0.2) is 31.4 Å². The highest BCUT2D eigenvalue weighted by atomic mass is 32.2. The summed E-state index contributed by atoms with van der Waals surface area (Å²) < 4.78 is 2.38. The molecule has 154 valence electrons. The zero-order chi connectivity index (χ0) is 20.8. The molecule has 0 aliphatic carbocycles. The fourth-order valence-electron chi connectivity index (χ4n) is 4.82. The van der Waals surface area contributed by atoms with Crippen molar-refractivity contribution in [2.45, 2.75) is 51.4 Å². The standard InChI is InChI=1S/C25H28N4S/c1-5-19-9-11-20(12-10-19)29-16(2)14-21(18(29)4)24-23(22-8-6-7-13-26-22)27-25-28(24)15-17(3)30-25/h6-14,17,23-24H,5,15H2,1-4H3/t17-,23-,24-/m1/s1. The molecule has 1 aromatic carbocycles. The highest BCUT2D eigenvalue weighted by molar-refractivity contribution is 8.14. The molecule has 0 radical (unpaired) electrons. The Hall–Kier alpha value is -2.53. The average molecular weight is 417 g/mol. The van der Waals surface area contributed by atoms with Crippen LogP contribution in [0, 0.1) is 13.8 Å². The highest BCUT2D eigenvalue weighted by Gasteiger charge is 2.44. The summed E-state index contributed by atoms with van der Waals surface area (Å²) in [6.45, 7) is 9.97. The molecule has 2 aromatic heterocycles. The third kappa shape index (κ3) is 3.16. The number of aryl methyl sites for hydroxylation is 2. The molecule has 3 atom stereocenters. The van der Waals surface area contributed by atoms with Crippen LogP contribution in [0.5, 0.6) is 0 Å². The van der Waals surface area contributed by atoms with E-state index < -0.39 is 0 Å². The molecule has 0 spiro atoms. The molecule has 1 saturated heterocycles. The first kappa shape index (κ1) is 19.4. The monoisotopic (exact) mass is 416 g/mol. The number of aliphatic imine (C=N–C) groups is 1. The van der Waals surface area contributed by atoms with Crippen molar-refractivity contribution < 1.29 is 0 Å². The van der Waals surface area contributed by atoms with Crippen LogP contribution < -0.4 is 0 Å². The lowest BCUT2D eigenvalue weighted by molar-refractivity contribution is 0.320. The van der Waals surface area contributed by atoms with E-state index in [9.17, 15) is 0 Å². The Morgan fingerprint density at radius 3 is 2.60 bits per heavy atom. The van der Waals surface area contributed by atoms with E-state index in [0.29, 0.717) is 5.25 Å². The Morgan fingerprint density at radius 2 is 1.90 bits per heavy atom. The molecule has 4 nitrogen and oxygen atoms in total. The number of rotatable bonds is 4. The molecular formula is C25H28N4S. The van der Waals surface area contributed by atoms with Gasteiger partial charge in [0.05, 0.1) is 11.7 Å². The Kier molecular flexibility index (Phi) is 4.94. The van der Waals surface area contributed by atoms with Crippen molar-refractivity contribution in [1.29, 1.82) is 0 Å². The second-order valence-electron chi connectivity index (χ2n) is 8.32. The molecule has 0 amide bonds. The lowest BCUT2D eigenvalue weighted by atomic mass is 9.96. The van der Waals surface area contributed by atoms with Crippen molar-refractivity contribution in [1.82, 2.24) is 14.5 Å². The second kappa shape index (κ2) is 7.62. The molecule has 5 heteroatoms. The van der Waals surface area contributed by atoms with E-state index in [1.165, 1.54) is 33.4 Å². The van der Waals surface area contributed by atoms with Gasteiger partial charge in [0.15, 0.2) is 5.17 Å². The maximum Gasteiger partial charge on any atom is 0.160 e. The number of amidine groups is 1. The smallest absolute Gasteiger partial charge is 0.160 e. The third-order valence-electron chi connectivity index (χ3n) is 6.27. The Morgan fingerprint density at radius 1 is 1.10 bits per heavy atom. The Labute approximate surface area is 183 Å². The van der Waals surface area contributed by atoms with Gasteiger partial charge in [-0.25, -0.2) is 0 Å². The van der Waals surface area contributed by atoms with Crippen LogP contribution in [-0.2, 0) is 6.42 Å². The fourth-order valence-corrected chi connectivity index (χ4v) is 5.91. The van der Waals surface area contributed by atoms with Crippen molar-refractivity contribution >= 4 is 16.9 Å². The third-order valence-corrected chi connectivity index (χ3v) is 7.38. The van der Waals surface area contributed by atoms with Crippen LogP contribution in [0.25, 0.3) is 5.69 Å². The van der Waals surface area contributed by atoms with Crippen molar-refractivity contribution in [3.05, 3.63) is 82.9 Å². The first-order valence-corrected chi connectivity index (χ1v) is 11.6. The molecule has 3 aromatic rings. The molecule has 4 heterocycles. The molecule has 0 bridgehead atoms. The van der Waals surface area contributed by atoms with Crippen LogP contribution in [0.4, 0.5) is 0 Å². The Balaban J connectivity index is 1.59. The van der Waals surface area contributed by atoms with E-state index in [4.69, 9.17) is 4.99 Å². The van der Waals surface area contributed by atoms with Gasteiger partial charge in [-0.3, -0.25) is 9.98 Å². The summed E-state index contributed by atoms with van der Waals surface area (Å²) in [4.78, 5) is 12.3. The zero-order valence-corrected chi connectivity index (χ0v) is 18.9. The quantitative estimate of drug-likeness (QED) is 0.552. The predicted octanol–water partition coefficient (Wildman–Crippen LogP) is 5.64. The minimum Gasteiger partial charge on any atom is -0.341 e. The number of pyridine rings is 1. The number of fused-ring (bicyclic) bond motifs is 1. The first-order valence-electron chi connectivity index (χ1n) is 10.8. The van der Waals surface area contributed by atoms with Crippen LogP contribution in [0.1, 0.15) is 54.1 Å². The van der Waals surface area contributed by atoms with Gasteiger partial charge in [0.1, 0.15) is 6.04 Å². The summed E-state index contributed by atoms with van der Waals surface area (Å²) >= 11 is 1.89. The van der Waals surface area contributed by atoms with Gasteiger partial charge in [-0.15, -0.1) is 0 Å². The summed E-state index contributed by atoms with van der Waals surface area (Å²) in [5.41, 5.74) is 7.56. The molecule has 5 rings (SSSR count). The maximum absolute atomic E-state index is 5.14. The van der Waals surface area contributed by atoms with Crippen LogP contribution in [0.3, 0.4) is 0 Å². The van der Waals surface area contributed by atoms with E-state index >= 15 is 0 Å². The van der Waals surface area contributed by atoms with Gasteiger partial charge in [0.25, 0.3) is 0 Å². The normalized spacial score (nSPS) is 23.0. The van der Waals surface area contributed by atoms with Gasteiger partial charge in [-0.2, -0.15) is 0 Å². The summed E-state index contributed by atoms with van der Waals surface area (Å²) in [7, 11) is 0. The molecule has 0 unspecified atom stereocenters. The molecule has 2 aliphatic heterocycles. The van der Waals surface area contributed by atoms with Crippen LogP contribution in [0.2, 0.25) is 0 Å². The minimum absolute atomic E-state index is 0.0395. The van der Waals surface area contributed by atoms with Gasteiger partial charge in [-0.05, 0) is 61.7 Å². The lowest BCUT2D eigenvalue weighted by Gasteiger charge is -2.27. The molecule has 0 saturated carbocycles. The second-order valence-corrected chi connectivity index (χ2v) is 9.72. The van der Waals surface area contributed by atoms with E-state index in [2.05, 4.69) is 84.6 Å². The van der Waals surface area contributed by atoms with Gasteiger partial charge in [-0.1, -0.05) is 43.8 Å². The summed E-state index contributed by atoms with van der Waals surface area (Å²) in [6, 6.07) is 17.7. The largest absolute Gasteiger partial charge is 0.341 e. The summed E-state index contributed by atoms with van der Waals surface area (Å²) in [5.74, 6) is 0. The summed E-state index contributed by atoms with van der Waals surface area (Å²) in [6.07, 6.45) is 2.94. The van der Waals surface area contributed by atoms with Crippen molar-refractivity contribution in [2.75, 3.05) is 6.54 Å². The number of hydrogen-bond donors (Lipinski definition) is 0. The molecule has 30 heavy (non-hydrogen) atoms. The number of thioether (sulfide) groups is 1. The molecule has 1 fully saturated rings. The topological polar surface area (TPSA) is 33.4 Å². The average Bonchev–Trinajstić information content (AvgIpc) is 3.38.